The number of fused-ring (bicyclic) bond motifs is 6. The lowest BCUT2D eigenvalue weighted by Crippen LogP contribution is -2.19. The number of halogens is 4. The molecular weight excluding hydrogens is 1440 g/mol. The molecule has 5 atom stereocenters. The normalized spacial score (nSPS) is 19.3. The second-order valence-corrected chi connectivity index (χ2v) is 25.6. The van der Waals surface area contributed by atoms with E-state index in [1.54, 1.807) is 39.9 Å². The highest BCUT2D eigenvalue weighted by molar-refractivity contribution is 9.10. The zero-order valence-corrected chi connectivity index (χ0v) is 60.2. The quantitative estimate of drug-likeness (QED) is 0.0491. The van der Waals surface area contributed by atoms with Crippen LogP contribution in [0.1, 0.15) is 151 Å². The Morgan fingerprint density at radius 3 is 1.27 bits per heavy atom. The molecule has 101 heavy (non-hydrogen) atoms. The lowest BCUT2D eigenvalue weighted by atomic mass is 10.2. The Labute approximate surface area is 600 Å². The van der Waals surface area contributed by atoms with Crippen LogP contribution in [-0.2, 0) is 23.7 Å². The van der Waals surface area contributed by atoms with E-state index in [1.165, 1.54) is 13.5 Å². The Balaban J connectivity index is 0.000000115. The van der Waals surface area contributed by atoms with Crippen LogP contribution in [0.15, 0.2) is 23.7 Å². The third-order valence-corrected chi connectivity index (χ3v) is 17.9. The standard InChI is InChI=1S/C12H17N5O2.C11H14BrN5O.C11H15N5O.C10H10Cl2N4O.C10H12ClN5O.C7H9N5O/c1-7-14-10(13)9-11(15-7)17(12(16-9)18-2)8-5-3-4-6-19-8;1-6-14-9(13)8-10(15-6)17(11(12)16-8)7-4-2-3-5-18-7;1-7-14-10(12)9-11(15-7)16(6-13-9)8-4-2-3-5-17-8;11-8-7-9(15-10(12)14-8)16(5-13-7)6-3-1-2-4-17-6;11-10-14-8(12)7-9(15-10)16(5-13-7)6-3-1-2-4-17-6;1-3-9-5(8)4-6(10-3)12-7(11-4)13-2/h8H,3-6H2,1-2H3,(H2,13,14,15);7H,2-5H2,1H3,(H2,13,14,15);6,8H,2-5H2,1H3,(H2,12,14,15);5-6H,1-4H2;5-6H,1-4H2,(H2,12,14,15);1-2H3,(H3,8,9,10,11,12). The van der Waals surface area contributed by atoms with Crippen molar-refractivity contribution in [2.75, 3.05) is 75.9 Å². The van der Waals surface area contributed by atoms with Gasteiger partial charge in [-0.3, -0.25) is 22.8 Å². The number of imidazole rings is 6. The fourth-order valence-electron chi connectivity index (χ4n) is 12.1. The molecule has 0 radical (unpaired) electrons. The number of ether oxygens (including phenoxy) is 7. The number of aryl methyl sites for hydroxylation is 4. The molecule has 5 saturated heterocycles. The molecule has 0 aromatic carbocycles. The van der Waals surface area contributed by atoms with E-state index in [1.807, 2.05) is 36.7 Å². The van der Waals surface area contributed by atoms with E-state index in [0.29, 0.717) is 125 Å². The van der Waals surface area contributed by atoms with Gasteiger partial charge in [-0.1, -0.05) is 11.6 Å². The molecule has 40 heteroatoms. The summed E-state index contributed by atoms with van der Waals surface area (Å²) in [6.07, 6.45) is 21.0. The van der Waals surface area contributed by atoms with Crippen molar-refractivity contribution in [3.63, 3.8) is 0 Å². The van der Waals surface area contributed by atoms with Gasteiger partial charge in [0.1, 0.15) is 76.5 Å². The van der Waals surface area contributed by atoms with Crippen LogP contribution in [0, 0.1) is 27.7 Å². The fourth-order valence-corrected chi connectivity index (χ4v) is 13.2. The van der Waals surface area contributed by atoms with E-state index < -0.39 is 0 Å². The van der Waals surface area contributed by atoms with Crippen molar-refractivity contribution < 1.29 is 33.2 Å². The van der Waals surface area contributed by atoms with E-state index in [0.717, 1.165) is 134 Å². The molecular formula is C61H77BrCl3N29O7. The smallest absolute Gasteiger partial charge is 0.300 e. The number of hydrogen-bond donors (Lipinski definition) is 6. The third kappa shape index (κ3) is 16.4. The largest absolute Gasteiger partial charge is 0.468 e. The summed E-state index contributed by atoms with van der Waals surface area (Å²) >= 11 is 21.0. The van der Waals surface area contributed by atoms with Gasteiger partial charge in [0.15, 0.2) is 83.9 Å². The molecule has 17 heterocycles. The molecule has 12 aromatic heterocycles. The first-order valence-corrected chi connectivity index (χ1v) is 34.8. The van der Waals surface area contributed by atoms with Crippen molar-refractivity contribution in [2.24, 2.45) is 0 Å². The summed E-state index contributed by atoms with van der Waals surface area (Å²) in [6, 6.07) is 0.857. The maximum absolute atomic E-state index is 5.96. The van der Waals surface area contributed by atoms with Gasteiger partial charge in [-0.05, 0) is 163 Å². The molecule has 0 bridgehead atoms. The SMILES string of the molecule is COc1nc2c(N)nc(C)nc2n1C1CCCCO1.COc1nc2nc(C)nc(N)c2[nH]1.Cc1nc(N)c2nc(Br)n(C3CCCCO3)c2n1.Cc1nc(N)c2ncn(C3CCCCO3)c2n1.Clc1nc(Cl)c2ncn(C3CCCCO3)c2n1.Nc1nc(Cl)nc2c1ncn2C1CCCCO1. The zero-order valence-electron chi connectivity index (χ0n) is 56.3. The number of anilines is 5. The number of hydrogen-bond acceptors (Lipinski definition) is 30. The first-order valence-electron chi connectivity index (χ1n) is 32.9. The Morgan fingerprint density at radius 1 is 0.406 bits per heavy atom. The first kappa shape index (κ1) is 71.9. The maximum atomic E-state index is 5.96. The zero-order chi connectivity index (χ0) is 71.0. The number of methoxy groups -OCH3 is 2. The van der Waals surface area contributed by atoms with Crippen molar-refractivity contribution >= 4 is 147 Å². The number of aromatic amines is 1. The number of aromatic nitrogens is 24. The van der Waals surface area contributed by atoms with Crippen LogP contribution in [0.25, 0.3) is 67.0 Å². The summed E-state index contributed by atoms with van der Waals surface area (Å²) in [5.74, 6) is 4.42. The Morgan fingerprint density at radius 2 is 0.792 bits per heavy atom. The predicted octanol–water partition coefficient (Wildman–Crippen LogP) is 9.86. The summed E-state index contributed by atoms with van der Waals surface area (Å²) in [7, 11) is 3.10. The monoisotopic (exact) mass is 1510 g/mol. The molecule has 5 fully saturated rings. The van der Waals surface area contributed by atoms with E-state index >= 15 is 0 Å². The predicted molar refractivity (Wildman–Crippen MR) is 379 cm³/mol. The van der Waals surface area contributed by atoms with Crippen molar-refractivity contribution in [2.45, 2.75) is 155 Å². The minimum atomic E-state index is -0.0950. The summed E-state index contributed by atoms with van der Waals surface area (Å²) in [4.78, 5) is 78.1. The highest BCUT2D eigenvalue weighted by atomic mass is 79.9. The first-order chi connectivity index (χ1) is 48.8. The molecule has 5 aliphatic rings. The maximum Gasteiger partial charge on any atom is 0.300 e. The van der Waals surface area contributed by atoms with Crippen LogP contribution >= 0.6 is 50.7 Å². The molecule has 11 N–H and O–H groups in total. The van der Waals surface area contributed by atoms with E-state index in [9.17, 15) is 0 Å². The number of nitrogens with two attached hydrogens (primary N) is 5. The topological polar surface area (TPSA) is 467 Å². The minimum Gasteiger partial charge on any atom is -0.468 e. The molecule has 0 spiro atoms. The van der Waals surface area contributed by atoms with Gasteiger partial charge >= 0.3 is 6.01 Å². The molecule has 17 rings (SSSR count). The van der Waals surface area contributed by atoms with Gasteiger partial charge in [0.25, 0.3) is 6.01 Å². The van der Waals surface area contributed by atoms with E-state index in [-0.39, 0.29) is 46.9 Å². The van der Waals surface area contributed by atoms with Crippen LogP contribution in [-0.4, -0.2) is 165 Å². The molecule has 12 aromatic rings. The molecule has 5 aliphatic heterocycles. The van der Waals surface area contributed by atoms with Crippen LogP contribution in [0.2, 0.25) is 15.7 Å². The summed E-state index contributed by atoms with van der Waals surface area (Å²) < 4.78 is 49.1. The van der Waals surface area contributed by atoms with Crippen LogP contribution in [0.3, 0.4) is 0 Å². The van der Waals surface area contributed by atoms with Crippen molar-refractivity contribution in [1.82, 2.24) is 118 Å². The fraction of sp³-hybridized carbons (Fsp3) is 0.508. The van der Waals surface area contributed by atoms with Gasteiger partial charge in [-0.25, -0.2) is 64.8 Å². The number of nitrogens with one attached hydrogen (secondary N) is 1. The summed E-state index contributed by atoms with van der Waals surface area (Å²) in [5.41, 5.74) is 36.6. The highest BCUT2D eigenvalue weighted by Crippen LogP contribution is 2.36. The van der Waals surface area contributed by atoms with Gasteiger partial charge in [0, 0.05) is 33.0 Å². The van der Waals surface area contributed by atoms with Gasteiger partial charge in [0.05, 0.1) is 33.2 Å². The molecule has 0 aliphatic carbocycles. The third-order valence-electron chi connectivity index (χ3n) is 16.7. The average molecular weight is 1510 g/mol. The summed E-state index contributed by atoms with van der Waals surface area (Å²) in [6.45, 7) is 11.1. The van der Waals surface area contributed by atoms with Crippen molar-refractivity contribution in [1.29, 1.82) is 0 Å². The minimum absolute atomic E-state index is 0.0215. The highest BCUT2D eigenvalue weighted by Gasteiger charge is 2.28. The van der Waals surface area contributed by atoms with Crippen LogP contribution < -0.4 is 38.1 Å². The van der Waals surface area contributed by atoms with E-state index in [4.69, 9.17) is 96.6 Å². The number of nitrogen functional groups attached to an aromatic ring is 5. The lowest BCUT2D eigenvalue weighted by molar-refractivity contribution is -0.0334. The Kier molecular flexibility index (Phi) is 23.0. The Hall–Kier alpha value is -8.95. The van der Waals surface area contributed by atoms with E-state index in [2.05, 4.69) is 111 Å². The molecule has 0 amide bonds. The van der Waals surface area contributed by atoms with Gasteiger partial charge in [-0.15, -0.1) is 0 Å². The average Bonchev–Trinajstić information content (AvgIpc) is 1.64. The molecule has 36 nitrogen and oxygen atoms in total. The van der Waals surface area contributed by atoms with Crippen molar-refractivity contribution in [3.8, 4) is 12.0 Å². The number of H-pyrrole nitrogens is 1. The number of rotatable bonds is 7. The summed E-state index contributed by atoms with van der Waals surface area (Å²) in [5, 5.41) is 0.530. The lowest BCUT2D eigenvalue weighted by Gasteiger charge is -2.24. The van der Waals surface area contributed by atoms with Crippen molar-refractivity contribution in [3.05, 3.63) is 62.7 Å². The van der Waals surface area contributed by atoms with Gasteiger partial charge in [-0.2, -0.15) is 24.9 Å². The number of nitrogens with zero attached hydrogens (tertiary/aromatic N) is 23. The second kappa shape index (κ2) is 32.4. The van der Waals surface area contributed by atoms with Crippen LogP contribution in [0.4, 0.5) is 29.1 Å². The second-order valence-electron chi connectivity index (χ2n) is 23.9. The van der Waals surface area contributed by atoms with Crippen LogP contribution in [0.5, 0.6) is 12.0 Å². The molecule has 0 saturated carbocycles. The molecule has 5 unspecified atom stereocenters. The Bertz CT molecular complexity index is 4610. The molecule has 536 valence electrons. The van der Waals surface area contributed by atoms with Gasteiger partial charge in [0.2, 0.25) is 10.6 Å². The van der Waals surface area contributed by atoms with Gasteiger partial charge < -0.3 is 66.8 Å².